The first-order valence-electron chi connectivity index (χ1n) is 6.68. The predicted octanol–water partition coefficient (Wildman–Crippen LogP) is 3.11. The fraction of sp³-hybridized carbons (Fsp3) is 0.600. The minimum absolute atomic E-state index is 0.758. The molecule has 1 fully saturated rings. The van der Waals surface area contributed by atoms with Gasteiger partial charge in [-0.3, -0.25) is 0 Å². The van der Waals surface area contributed by atoms with Gasteiger partial charge in [-0.15, -0.1) is 0 Å². The Hall–Kier alpha value is -0.860. The standard InChI is InChI=1S/C15H23NO/c1-16-10-14-7-4-8-15(9-14)12-17-11-13-5-2-3-6-13/h4,7-9,13,16H,2-3,5-6,10-12H2,1H3. The molecule has 0 heterocycles. The maximum absolute atomic E-state index is 5.82. The molecule has 0 atom stereocenters. The Labute approximate surface area is 104 Å². The van der Waals surface area contributed by atoms with Crippen LogP contribution in [0.15, 0.2) is 24.3 Å². The van der Waals surface area contributed by atoms with E-state index in [1.54, 1.807) is 0 Å². The zero-order chi connectivity index (χ0) is 11.9. The molecule has 0 bridgehead atoms. The molecule has 1 aromatic carbocycles. The molecule has 94 valence electrons. The number of hydrogen-bond donors (Lipinski definition) is 1. The summed E-state index contributed by atoms with van der Waals surface area (Å²) >= 11 is 0. The second-order valence-electron chi connectivity index (χ2n) is 5.02. The van der Waals surface area contributed by atoms with Crippen molar-refractivity contribution in [2.24, 2.45) is 5.92 Å². The Bertz CT molecular complexity index is 331. The summed E-state index contributed by atoms with van der Waals surface area (Å²) in [6, 6.07) is 8.64. The average Bonchev–Trinajstić information content (AvgIpc) is 2.83. The van der Waals surface area contributed by atoms with E-state index in [1.807, 2.05) is 7.05 Å². The second kappa shape index (κ2) is 6.77. The first-order chi connectivity index (χ1) is 8.38. The molecule has 0 aromatic heterocycles. The Kier molecular flexibility index (Phi) is 5.02. The van der Waals surface area contributed by atoms with Crippen molar-refractivity contribution in [3.05, 3.63) is 35.4 Å². The molecule has 2 rings (SSSR count). The van der Waals surface area contributed by atoms with Gasteiger partial charge in [-0.05, 0) is 36.9 Å². The maximum atomic E-state index is 5.82. The third-order valence-electron chi connectivity index (χ3n) is 3.47. The normalized spacial score (nSPS) is 16.5. The highest BCUT2D eigenvalue weighted by atomic mass is 16.5. The van der Waals surface area contributed by atoms with Gasteiger partial charge in [-0.2, -0.15) is 0 Å². The lowest BCUT2D eigenvalue weighted by molar-refractivity contribution is 0.0888. The molecule has 2 nitrogen and oxygen atoms in total. The van der Waals surface area contributed by atoms with Gasteiger partial charge < -0.3 is 10.1 Å². The highest BCUT2D eigenvalue weighted by molar-refractivity contribution is 5.22. The van der Waals surface area contributed by atoms with Gasteiger partial charge in [0.05, 0.1) is 6.61 Å². The Morgan fingerprint density at radius 3 is 2.76 bits per heavy atom. The number of rotatable bonds is 6. The van der Waals surface area contributed by atoms with Gasteiger partial charge in [0.15, 0.2) is 0 Å². The van der Waals surface area contributed by atoms with E-state index in [1.165, 1.54) is 36.8 Å². The van der Waals surface area contributed by atoms with Crippen molar-refractivity contribution in [3.8, 4) is 0 Å². The van der Waals surface area contributed by atoms with Crippen LogP contribution in [-0.2, 0) is 17.9 Å². The Balaban J connectivity index is 1.75. The van der Waals surface area contributed by atoms with Crippen LogP contribution in [-0.4, -0.2) is 13.7 Å². The lowest BCUT2D eigenvalue weighted by Crippen LogP contribution is -2.07. The Morgan fingerprint density at radius 2 is 2.00 bits per heavy atom. The summed E-state index contributed by atoms with van der Waals surface area (Å²) in [6.07, 6.45) is 5.51. The third-order valence-corrected chi connectivity index (χ3v) is 3.47. The molecule has 17 heavy (non-hydrogen) atoms. The van der Waals surface area contributed by atoms with Gasteiger partial charge in [0.25, 0.3) is 0 Å². The van der Waals surface area contributed by atoms with E-state index >= 15 is 0 Å². The zero-order valence-electron chi connectivity index (χ0n) is 10.7. The largest absolute Gasteiger partial charge is 0.376 e. The summed E-state index contributed by atoms with van der Waals surface area (Å²) in [5.74, 6) is 0.815. The SMILES string of the molecule is CNCc1cccc(COCC2CCCC2)c1. The van der Waals surface area contributed by atoms with E-state index in [0.29, 0.717) is 0 Å². The fourth-order valence-corrected chi connectivity index (χ4v) is 2.55. The predicted molar refractivity (Wildman–Crippen MR) is 70.8 cm³/mol. The van der Waals surface area contributed by atoms with Crippen molar-refractivity contribution in [1.82, 2.24) is 5.32 Å². The van der Waals surface area contributed by atoms with Crippen LogP contribution in [0.25, 0.3) is 0 Å². The molecule has 1 aliphatic rings. The molecule has 0 amide bonds. The quantitative estimate of drug-likeness (QED) is 0.815. The number of nitrogens with one attached hydrogen (secondary N) is 1. The van der Waals surface area contributed by atoms with E-state index in [2.05, 4.69) is 29.6 Å². The lowest BCUT2D eigenvalue weighted by Gasteiger charge is -2.10. The molecule has 1 N–H and O–H groups in total. The summed E-state index contributed by atoms with van der Waals surface area (Å²) in [6.45, 7) is 2.63. The van der Waals surface area contributed by atoms with E-state index in [9.17, 15) is 0 Å². The summed E-state index contributed by atoms with van der Waals surface area (Å²) in [5, 5.41) is 3.17. The van der Waals surface area contributed by atoms with E-state index in [4.69, 9.17) is 4.74 Å². The Morgan fingerprint density at radius 1 is 1.24 bits per heavy atom. The van der Waals surface area contributed by atoms with Gasteiger partial charge in [0, 0.05) is 13.2 Å². The molecule has 0 aliphatic heterocycles. The summed E-state index contributed by atoms with van der Waals surface area (Å²) in [4.78, 5) is 0. The van der Waals surface area contributed by atoms with Crippen molar-refractivity contribution in [2.75, 3.05) is 13.7 Å². The monoisotopic (exact) mass is 233 g/mol. The maximum Gasteiger partial charge on any atom is 0.0717 e. The third kappa shape index (κ3) is 4.14. The highest BCUT2D eigenvalue weighted by Gasteiger charge is 2.14. The number of hydrogen-bond acceptors (Lipinski definition) is 2. The molecule has 1 aliphatic carbocycles. The zero-order valence-corrected chi connectivity index (χ0v) is 10.7. The van der Waals surface area contributed by atoms with Crippen LogP contribution in [0.3, 0.4) is 0 Å². The minimum Gasteiger partial charge on any atom is -0.376 e. The molecule has 0 spiro atoms. The van der Waals surface area contributed by atoms with Crippen molar-refractivity contribution in [1.29, 1.82) is 0 Å². The van der Waals surface area contributed by atoms with Crippen LogP contribution in [0.5, 0.6) is 0 Å². The second-order valence-corrected chi connectivity index (χ2v) is 5.02. The van der Waals surface area contributed by atoms with Crippen molar-refractivity contribution in [2.45, 2.75) is 38.8 Å². The first-order valence-corrected chi connectivity index (χ1v) is 6.68. The lowest BCUT2D eigenvalue weighted by atomic mass is 10.1. The van der Waals surface area contributed by atoms with Crippen LogP contribution < -0.4 is 5.32 Å². The van der Waals surface area contributed by atoms with E-state index in [0.717, 1.165) is 25.7 Å². The van der Waals surface area contributed by atoms with Crippen molar-refractivity contribution >= 4 is 0 Å². The highest BCUT2D eigenvalue weighted by Crippen LogP contribution is 2.25. The summed E-state index contributed by atoms with van der Waals surface area (Å²) in [7, 11) is 1.98. The van der Waals surface area contributed by atoms with Crippen molar-refractivity contribution < 1.29 is 4.74 Å². The van der Waals surface area contributed by atoms with Gasteiger partial charge in [0.1, 0.15) is 0 Å². The van der Waals surface area contributed by atoms with Gasteiger partial charge in [-0.25, -0.2) is 0 Å². The summed E-state index contributed by atoms with van der Waals surface area (Å²) < 4.78 is 5.82. The molecular formula is C15H23NO. The van der Waals surface area contributed by atoms with Gasteiger partial charge >= 0.3 is 0 Å². The van der Waals surface area contributed by atoms with Crippen LogP contribution in [0.2, 0.25) is 0 Å². The molecular weight excluding hydrogens is 210 g/mol. The van der Waals surface area contributed by atoms with E-state index < -0.39 is 0 Å². The minimum atomic E-state index is 0.758. The topological polar surface area (TPSA) is 21.3 Å². The van der Waals surface area contributed by atoms with Crippen LogP contribution in [0, 0.1) is 5.92 Å². The average molecular weight is 233 g/mol. The first kappa shape index (κ1) is 12.6. The molecule has 0 radical (unpaired) electrons. The smallest absolute Gasteiger partial charge is 0.0717 e. The van der Waals surface area contributed by atoms with Gasteiger partial charge in [0.2, 0.25) is 0 Å². The van der Waals surface area contributed by atoms with Crippen LogP contribution in [0.1, 0.15) is 36.8 Å². The van der Waals surface area contributed by atoms with Crippen LogP contribution in [0.4, 0.5) is 0 Å². The molecule has 2 heteroatoms. The van der Waals surface area contributed by atoms with Gasteiger partial charge in [-0.1, -0.05) is 37.1 Å². The fourth-order valence-electron chi connectivity index (χ4n) is 2.55. The molecule has 1 saturated carbocycles. The summed E-state index contributed by atoms with van der Waals surface area (Å²) in [5.41, 5.74) is 2.62. The van der Waals surface area contributed by atoms with E-state index in [-0.39, 0.29) is 0 Å². The molecule has 0 unspecified atom stereocenters. The number of benzene rings is 1. The molecule has 1 aromatic rings. The van der Waals surface area contributed by atoms with Crippen LogP contribution >= 0.6 is 0 Å². The number of ether oxygens (including phenoxy) is 1. The molecule has 0 saturated heterocycles. The van der Waals surface area contributed by atoms with Crippen molar-refractivity contribution in [3.63, 3.8) is 0 Å².